The van der Waals surface area contributed by atoms with Crippen LogP contribution in [0.15, 0.2) is 36.4 Å². The molecular weight excluding hydrogens is 386 g/mol. The van der Waals surface area contributed by atoms with Crippen LogP contribution in [-0.4, -0.2) is 52.3 Å². The molecule has 1 amide bonds. The monoisotopic (exact) mass is 414 g/mol. The van der Waals surface area contributed by atoms with Crippen LogP contribution in [0, 0.1) is 6.92 Å². The number of aromatic nitrogens is 1. The van der Waals surface area contributed by atoms with Gasteiger partial charge in [-0.2, -0.15) is 0 Å². The van der Waals surface area contributed by atoms with Crippen LogP contribution in [0.2, 0.25) is 0 Å². The number of rotatable bonds is 8. The van der Waals surface area contributed by atoms with E-state index in [1.807, 2.05) is 12.1 Å². The molecule has 154 valence electrons. The lowest BCUT2D eigenvalue weighted by Gasteiger charge is -2.21. The number of anilines is 1. The zero-order valence-corrected chi connectivity index (χ0v) is 18.4. The van der Waals surface area contributed by atoms with Crippen molar-refractivity contribution in [3.05, 3.63) is 47.5 Å². The van der Waals surface area contributed by atoms with Gasteiger partial charge >= 0.3 is 0 Å². The number of benzene rings is 2. The summed E-state index contributed by atoms with van der Waals surface area (Å²) in [5, 5.41) is 0.714. The molecule has 0 unspecified atom stereocenters. The van der Waals surface area contributed by atoms with Crippen molar-refractivity contribution < 1.29 is 19.2 Å². The minimum absolute atomic E-state index is 0.105. The fraction of sp³-hybridized carbons (Fsp3) is 0.364. The summed E-state index contributed by atoms with van der Waals surface area (Å²) < 4.78 is 11.8. The molecule has 0 aliphatic carbocycles. The number of nitrogens with zero attached hydrogens (tertiary/aromatic N) is 2. The summed E-state index contributed by atoms with van der Waals surface area (Å²) in [4.78, 5) is 21.3. The summed E-state index contributed by atoms with van der Waals surface area (Å²) in [7, 11) is 7.38. The Balaban J connectivity index is 1.98. The van der Waals surface area contributed by atoms with Crippen molar-refractivity contribution in [1.82, 2.24) is 4.98 Å². The molecule has 1 heterocycles. The molecular formula is C22H28N3O3S+. The van der Waals surface area contributed by atoms with Crippen molar-refractivity contribution in [3.8, 4) is 11.5 Å². The molecule has 0 saturated heterocycles. The molecule has 0 atom stereocenters. The molecule has 0 fully saturated rings. The summed E-state index contributed by atoms with van der Waals surface area (Å²) in [6, 6.07) is 11.4. The van der Waals surface area contributed by atoms with Gasteiger partial charge in [0.1, 0.15) is 11.5 Å². The van der Waals surface area contributed by atoms with E-state index in [-0.39, 0.29) is 5.91 Å². The van der Waals surface area contributed by atoms with E-state index >= 15 is 0 Å². The van der Waals surface area contributed by atoms with Crippen LogP contribution >= 0.6 is 11.3 Å². The maximum atomic E-state index is 13.5. The predicted molar refractivity (Wildman–Crippen MR) is 118 cm³/mol. The van der Waals surface area contributed by atoms with Gasteiger partial charge in [0, 0.05) is 24.6 Å². The number of hydrogen-bond acceptors (Lipinski definition) is 5. The fourth-order valence-corrected chi connectivity index (χ4v) is 4.18. The van der Waals surface area contributed by atoms with E-state index in [0.717, 1.165) is 23.2 Å². The third-order valence-corrected chi connectivity index (χ3v) is 5.71. The largest absolute Gasteiger partial charge is 0.497 e. The maximum Gasteiger partial charge on any atom is 0.260 e. The Bertz CT molecular complexity index is 978. The van der Waals surface area contributed by atoms with Gasteiger partial charge in [0.25, 0.3) is 5.91 Å². The van der Waals surface area contributed by atoms with Gasteiger partial charge in [-0.05, 0) is 36.8 Å². The van der Waals surface area contributed by atoms with Gasteiger partial charge in [-0.3, -0.25) is 9.69 Å². The van der Waals surface area contributed by atoms with Crippen LogP contribution in [0.25, 0.3) is 10.2 Å². The van der Waals surface area contributed by atoms with Crippen molar-refractivity contribution in [2.45, 2.75) is 13.3 Å². The first kappa shape index (κ1) is 21.1. The van der Waals surface area contributed by atoms with E-state index in [1.165, 1.54) is 10.5 Å². The summed E-state index contributed by atoms with van der Waals surface area (Å²) in [5.41, 5.74) is 2.61. The number of quaternary nitrogens is 1. The van der Waals surface area contributed by atoms with Crippen LogP contribution in [0.3, 0.4) is 0 Å². The van der Waals surface area contributed by atoms with Gasteiger partial charge in [0.2, 0.25) is 0 Å². The number of fused-ring (bicyclic) bond motifs is 1. The van der Waals surface area contributed by atoms with Crippen molar-refractivity contribution in [1.29, 1.82) is 0 Å². The predicted octanol–water partition coefficient (Wildman–Crippen LogP) is 2.80. The highest BCUT2D eigenvalue weighted by Crippen LogP contribution is 2.31. The van der Waals surface area contributed by atoms with Crippen LogP contribution in [-0.2, 0) is 0 Å². The van der Waals surface area contributed by atoms with Crippen molar-refractivity contribution in [3.63, 3.8) is 0 Å². The summed E-state index contributed by atoms with van der Waals surface area (Å²) in [6.45, 7) is 3.63. The number of methoxy groups -OCH3 is 2. The standard InChI is InChI=1S/C22H27N3O3S/c1-15-7-8-19-20(11-15)29-22(23-19)25(10-6-9-24(2)3)21(26)16-12-17(27-4)14-18(13-16)28-5/h7-8,11-14H,6,9-10H2,1-5H3/p+1. The number of amides is 1. The Labute approximate surface area is 175 Å². The first-order valence-corrected chi connectivity index (χ1v) is 10.4. The second-order valence-electron chi connectivity index (χ2n) is 7.34. The van der Waals surface area contributed by atoms with Crippen molar-refractivity contribution in [2.75, 3.05) is 46.3 Å². The van der Waals surface area contributed by atoms with E-state index in [1.54, 1.807) is 48.7 Å². The van der Waals surface area contributed by atoms with Crippen LogP contribution < -0.4 is 19.3 Å². The first-order chi connectivity index (χ1) is 13.9. The number of ether oxygens (including phenoxy) is 2. The zero-order valence-electron chi connectivity index (χ0n) is 17.6. The third-order valence-electron chi connectivity index (χ3n) is 4.67. The zero-order chi connectivity index (χ0) is 21.0. The summed E-state index contributed by atoms with van der Waals surface area (Å²) in [6.07, 6.45) is 0.879. The molecule has 3 aromatic rings. The van der Waals surface area contributed by atoms with Gasteiger partial charge in [-0.25, -0.2) is 4.98 Å². The molecule has 29 heavy (non-hydrogen) atoms. The van der Waals surface area contributed by atoms with E-state index in [4.69, 9.17) is 14.5 Å². The smallest absolute Gasteiger partial charge is 0.260 e. The van der Waals surface area contributed by atoms with E-state index in [2.05, 4.69) is 27.1 Å². The van der Waals surface area contributed by atoms with Gasteiger partial charge in [0.15, 0.2) is 5.13 Å². The molecule has 2 aromatic carbocycles. The Hall–Kier alpha value is -2.64. The Kier molecular flexibility index (Phi) is 6.71. The molecule has 1 N–H and O–H groups in total. The molecule has 0 bridgehead atoms. The Morgan fingerprint density at radius 3 is 2.41 bits per heavy atom. The molecule has 1 aromatic heterocycles. The lowest BCUT2D eigenvalue weighted by atomic mass is 10.1. The molecule has 0 radical (unpaired) electrons. The Morgan fingerprint density at radius 1 is 1.10 bits per heavy atom. The second kappa shape index (κ2) is 9.24. The molecule has 6 nitrogen and oxygen atoms in total. The number of carbonyl (C=O) groups excluding carboxylic acids is 1. The minimum Gasteiger partial charge on any atom is -0.497 e. The highest BCUT2D eigenvalue weighted by Gasteiger charge is 2.23. The highest BCUT2D eigenvalue weighted by atomic mass is 32.1. The van der Waals surface area contributed by atoms with E-state index in [0.29, 0.717) is 28.7 Å². The van der Waals surface area contributed by atoms with Crippen molar-refractivity contribution in [2.24, 2.45) is 0 Å². The van der Waals surface area contributed by atoms with E-state index in [9.17, 15) is 4.79 Å². The number of thiazole rings is 1. The van der Waals surface area contributed by atoms with E-state index < -0.39 is 0 Å². The normalized spacial score (nSPS) is 11.1. The minimum atomic E-state index is -0.105. The fourth-order valence-electron chi connectivity index (χ4n) is 3.10. The number of hydrogen-bond donors (Lipinski definition) is 1. The van der Waals surface area contributed by atoms with Gasteiger partial charge < -0.3 is 14.4 Å². The second-order valence-corrected chi connectivity index (χ2v) is 8.35. The van der Waals surface area contributed by atoms with Crippen LogP contribution in [0.5, 0.6) is 11.5 Å². The molecule has 0 aliphatic heterocycles. The topological polar surface area (TPSA) is 56.1 Å². The highest BCUT2D eigenvalue weighted by molar-refractivity contribution is 7.22. The summed E-state index contributed by atoms with van der Waals surface area (Å²) in [5.74, 6) is 1.07. The average Bonchev–Trinajstić information content (AvgIpc) is 3.12. The average molecular weight is 415 g/mol. The lowest BCUT2D eigenvalue weighted by Crippen LogP contribution is -3.05. The molecule has 0 saturated carbocycles. The van der Waals surface area contributed by atoms with Gasteiger partial charge in [-0.1, -0.05) is 17.4 Å². The maximum absolute atomic E-state index is 13.5. The van der Waals surface area contributed by atoms with Crippen LogP contribution in [0.1, 0.15) is 22.3 Å². The number of nitrogens with one attached hydrogen (secondary N) is 1. The van der Waals surface area contributed by atoms with Gasteiger partial charge in [-0.15, -0.1) is 0 Å². The quantitative estimate of drug-likeness (QED) is 0.616. The molecule has 0 aliphatic rings. The van der Waals surface area contributed by atoms with Crippen LogP contribution in [0.4, 0.5) is 5.13 Å². The Morgan fingerprint density at radius 2 is 1.79 bits per heavy atom. The third kappa shape index (κ3) is 5.05. The number of aryl methyl sites for hydroxylation is 1. The number of carbonyl (C=O) groups is 1. The SMILES string of the molecule is COc1cc(OC)cc(C(=O)N(CCC[NH+](C)C)c2nc3ccc(C)cc3s2)c1. The van der Waals surface area contributed by atoms with Gasteiger partial charge in [0.05, 0.1) is 45.1 Å². The molecule has 7 heteroatoms. The van der Waals surface area contributed by atoms with Crippen molar-refractivity contribution >= 4 is 32.6 Å². The summed E-state index contributed by atoms with van der Waals surface area (Å²) >= 11 is 1.55. The lowest BCUT2D eigenvalue weighted by molar-refractivity contribution is -0.858. The first-order valence-electron chi connectivity index (χ1n) is 9.62. The molecule has 3 rings (SSSR count). The molecule has 0 spiro atoms.